The van der Waals surface area contributed by atoms with Crippen molar-refractivity contribution >= 4 is 34.9 Å². The van der Waals surface area contributed by atoms with Gasteiger partial charge in [-0.25, -0.2) is 4.79 Å². The number of anilines is 2. The van der Waals surface area contributed by atoms with Crippen molar-refractivity contribution in [2.75, 3.05) is 17.7 Å². The van der Waals surface area contributed by atoms with Crippen LogP contribution in [-0.2, 0) is 4.79 Å². The molecule has 2 aromatic rings. The van der Waals surface area contributed by atoms with E-state index in [9.17, 15) is 9.59 Å². The Morgan fingerprint density at radius 1 is 1.04 bits per heavy atom. The molecule has 24 heavy (non-hydrogen) atoms. The molecule has 0 aliphatic rings. The lowest BCUT2D eigenvalue weighted by atomic mass is 10.2. The van der Waals surface area contributed by atoms with Crippen molar-refractivity contribution < 1.29 is 14.3 Å². The molecule has 0 heterocycles. The second kappa shape index (κ2) is 8.21. The third-order valence-electron chi connectivity index (χ3n) is 3.09. The summed E-state index contributed by atoms with van der Waals surface area (Å²) in [6.45, 7) is 1.64. The maximum atomic E-state index is 12.2. The maximum Gasteiger partial charge on any atom is 0.318 e. The summed E-state index contributed by atoms with van der Waals surface area (Å²) < 4.78 is 5.57. The van der Waals surface area contributed by atoms with Gasteiger partial charge in [-0.05, 0) is 43.3 Å². The van der Waals surface area contributed by atoms with Gasteiger partial charge < -0.3 is 20.7 Å². The Morgan fingerprint density at radius 2 is 1.71 bits per heavy atom. The summed E-state index contributed by atoms with van der Waals surface area (Å²) in [5.41, 5.74) is 1.12. The van der Waals surface area contributed by atoms with Crippen LogP contribution in [0.25, 0.3) is 0 Å². The van der Waals surface area contributed by atoms with Gasteiger partial charge in [-0.1, -0.05) is 23.7 Å². The van der Waals surface area contributed by atoms with Gasteiger partial charge in [-0.15, -0.1) is 0 Å². The van der Waals surface area contributed by atoms with Gasteiger partial charge in [0.15, 0.2) is 6.10 Å². The SMILES string of the molecule is CNC(=O)Nc1cccc(NC(=O)C(C)Oc2cccc(Cl)c2)c1. The van der Waals surface area contributed by atoms with E-state index in [1.807, 2.05) is 0 Å². The summed E-state index contributed by atoms with van der Waals surface area (Å²) in [6, 6.07) is 13.3. The molecule has 1 unspecified atom stereocenters. The summed E-state index contributed by atoms with van der Waals surface area (Å²) >= 11 is 5.89. The van der Waals surface area contributed by atoms with Gasteiger partial charge >= 0.3 is 6.03 Å². The highest BCUT2D eigenvalue weighted by Crippen LogP contribution is 2.19. The first-order chi connectivity index (χ1) is 11.5. The average molecular weight is 348 g/mol. The van der Waals surface area contributed by atoms with Crippen molar-refractivity contribution in [2.45, 2.75) is 13.0 Å². The minimum Gasteiger partial charge on any atom is -0.481 e. The summed E-state index contributed by atoms with van der Waals surface area (Å²) in [4.78, 5) is 23.5. The Balaban J connectivity index is 1.98. The van der Waals surface area contributed by atoms with Crippen LogP contribution >= 0.6 is 11.6 Å². The van der Waals surface area contributed by atoms with E-state index in [2.05, 4.69) is 16.0 Å². The van der Waals surface area contributed by atoms with Crippen LogP contribution < -0.4 is 20.7 Å². The predicted molar refractivity (Wildman–Crippen MR) is 94.7 cm³/mol. The summed E-state index contributed by atoms with van der Waals surface area (Å²) in [7, 11) is 1.52. The smallest absolute Gasteiger partial charge is 0.318 e. The molecule has 0 spiro atoms. The molecule has 0 aliphatic carbocycles. The number of ether oxygens (including phenoxy) is 1. The van der Waals surface area contributed by atoms with Gasteiger partial charge in [0.25, 0.3) is 5.91 Å². The topological polar surface area (TPSA) is 79.5 Å². The van der Waals surface area contributed by atoms with E-state index in [4.69, 9.17) is 16.3 Å². The van der Waals surface area contributed by atoms with Gasteiger partial charge in [0.1, 0.15) is 5.75 Å². The monoisotopic (exact) mass is 347 g/mol. The Morgan fingerprint density at radius 3 is 2.38 bits per heavy atom. The maximum absolute atomic E-state index is 12.2. The fourth-order valence-corrected chi connectivity index (χ4v) is 2.09. The van der Waals surface area contributed by atoms with Crippen LogP contribution in [0, 0.1) is 0 Å². The summed E-state index contributed by atoms with van der Waals surface area (Å²) in [5.74, 6) is 0.201. The minimum absolute atomic E-state index is 0.313. The second-order valence-corrected chi connectivity index (χ2v) is 5.43. The Labute approximate surface area is 145 Å². The van der Waals surface area contributed by atoms with E-state index < -0.39 is 6.10 Å². The number of carbonyl (C=O) groups is 2. The molecule has 126 valence electrons. The van der Waals surface area contributed by atoms with E-state index in [-0.39, 0.29) is 11.9 Å². The normalized spacial score (nSPS) is 11.3. The number of nitrogens with one attached hydrogen (secondary N) is 3. The third kappa shape index (κ3) is 5.17. The predicted octanol–water partition coefficient (Wildman–Crippen LogP) is 3.50. The number of hydrogen-bond acceptors (Lipinski definition) is 3. The van der Waals surface area contributed by atoms with Crippen molar-refractivity contribution in [1.29, 1.82) is 0 Å². The number of rotatable bonds is 5. The van der Waals surface area contributed by atoms with Crippen molar-refractivity contribution in [3.8, 4) is 5.75 Å². The first-order valence-electron chi connectivity index (χ1n) is 7.30. The molecule has 0 aromatic heterocycles. The molecule has 0 saturated carbocycles. The van der Waals surface area contributed by atoms with E-state index in [0.29, 0.717) is 22.1 Å². The number of carbonyl (C=O) groups excluding carboxylic acids is 2. The number of urea groups is 1. The quantitative estimate of drug-likeness (QED) is 0.774. The molecule has 2 rings (SSSR count). The highest BCUT2D eigenvalue weighted by Gasteiger charge is 2.15. The highest BCUT2D eigenvalue weighted by molar-refractivity contribution is 6.30. The van der Waals surface area contributed by atoms with Gasteiger partial charge in [0.05, 0.1) is 0 Å². The number of hydrogen-bond donors (Lipinski definition) is 3. The third-order valence-corrected chi connectivity index (χ3v) is 3.33. The van der Waals surface area contributed by atoms with Gasteiger partial charge in [0, 0.05) is 23.4 Å². The standard InChI is InChI=1S/C17H18ClN3O3/c1-11(24-15-8-3-5-12(18)9-15)16(22)20-13-6-4-7-14(10-13)21-17(23)19-2/h3-11H,1-2H3,(H,20,22)(H2,19,21,23). The molecule has 0 saturated heterocycles. The van der Waals surface area contributed by atoms with E-state index in [1.165, 1.54) is 7.05 Å². The lowest BCUT2D eigenvalue weighted by molar-refractivity contribution is -0.122. The van der Waals surface area contributed by atoms with E-state index in [0.717, 1.165) is 0 Å². The van der Waals surface area contributed by atoms with Crippen LogP contribution in [0.15, 0.2) is 48.5 Å². The zero-order valence-electron chi connectivity index (χ0n) is 13.3. The van der Waals surface area contributed by atoms with Crippen molar-refractivity contribution in [2.24, 2.45) is 0 Å². The van der Waals surface area contributed by atoms with Crippen LogP contribution in [0.4, 0.5) is 16.2 Å². The molecule has 6 nitrogen and oxygen atoms in total. The van der Waals surface area contributed by atoms with Gasteiger partial charge in [-0.3, -0.25) is 4.79 Å². The molecular formula is C17H18ClN3O3. The zero-order chi connectivity index (χ0) is 17.5. The van der Waals surface area contributed by atoms with Gasteiger partial charge in [-0.2, -0.15) is 0 Å². The first kappa shape index (κ1) is 17.6. The van der Waals surface area contributed by atoms with Crippen LogP contribution in [0.1, 0.15) is 6.92 Å². The van der Waals surface area contributed by atoms with Crippen LogP contribution in [0.5, 0.6) is 5.75 Å². The minimum atomic E-state index is -0.709. The Bertz CT molecular complexity index is 737. The number of benzene rings is 2. The molecule has 0 fully saturated rings. The summed E-state index contributed by atoms with van der Waals surface area (Å²) in [6.07, 6.45) is -0.709. The van der Waals surface area contributed by atoms with Crippen molar-refractivity contribution in [3.63, 3.8) is 0 Å². The molecule has 7 heteroatoms. The van der Waals surface area contributed by atoms with Crippen molar-refractivity contribution in [3.05, 3.63) is 53.6 Å². The number of amides is 3. The molecule has 0 radical (unpaired) electrons. The molecule has 3 N–H and O–H groups in total. The molecule has 1 atom stereocenters. The lowest BCUT2D eigenvalue weighted by Gasteiger charge is -2.15. The number of halogens is 1. The van der Waals surface area contributed by atoms with E-state index >= 15 is 0 Å². The van der Waals surface area contributed by atoms with Crippen molar-refractivity contribution in [1.82, 2.24) is 5.32 Å². The average Bonchev–Trinajstić information content (AvgIpc) is 2.55. The van der Waals surface area contributed by atoms with Crippen LogP contribution in [-0.4, -0.2) is 25.1 Å². The fourth-order valence-electron chi connectivity index (χ4n) is 1.91. The first-order valence-corrected chi connectivity index (χ1v) is 7.67. The molecule has 0 aliphatic heterocycles. The Kier molecular flexibility index (Phi) is 6.03. The highest BCUT2D eigenvalue weighted by atomic mass is 35.5. The van der Waals surface area contributed by atoms with Crippen LogP contribution in [0.3, 0.4) is 0 Å². The lowest BCUT2D eigenvalue weighted by Crippen LogP contribution is -2.30. The van der Waals surface area contributed by atoms with Crippen LogP contribution in [0.2, 0.25) is 5.02 Å². The fraction of sp³-hybridized carbons (Fsp3) is 0.176. The molecule has 2 aromatic carbocycles. The Hall–Kier alpha value is -2.73. The molecule has 0 bridgehead atoms. The second-order valence-electron chi connectivity index (χ2n) is 4.99. The molecule has 3 amide bonds. The molecular weight excluding hydrogens is 330 g/mol. The zero-order valence-corrected chi connectivity index (χ0v) is 14.1. The largest absolute Gasteiger partial charge is 0.481 e. The van der Waals surface area contributed by atoms with Gasteiger partial charge in [0.2, 0.25) is 0 Å². The summed E-state index contributed by atoms with van der Waals surface area (Å²) in [5, 5.41) is 8.36. The van der Waals surface area contributed by atoms with E-state index in [1.54, 1.807) is 55.5 Å².